The fourth-order valence-corrected chi connectivity index (χ4v) is 3.43. The van der Waals surface area contributed by atoms with Crippen LogP contribution >= 0.6 is 11.6 Å². The van der Waals surface area contributed by atoms with Crippen molar-refractivity contribution in [1.29, 1.82) is 0 Å². The number of ether oxygens (including phenoxy) is 1. The zero-order chi connectivity index (χ0) is 20.2. The predicted molar refractivity (Wildman–Crippen MR) is 114 cm³/mol. The first-order chi connectivity index (χ1) is 14.2. The summed E-state index contributed by atoms with van der Waals surface area (Å²) in [5.41, 5.74) is 3.50. The van der Waals surface area contributed by atoms with Gasteiger partial charge in [-0.2, -0.15) is 0 Å². The summed E-state index contributed by atoms with van der Waals surface area (Å²) in [5, 5.41) is 3.55. The number of para-hydroxylation sites is 3. The first-order valence-electron chi connectivity index (χ1n) is 9.25. The van der Waals surface area contributed by atoms with Crippen molar-refractivity contribution in [3.05, 3.63) is 94.8 Å². The molecule has 0 saturated carbocycles. The molecule has 6 heteroatoms. The summed E-state index contributed by atoms with van der Waals surface area (Å²) in [6.07, 6.45) is 0. The number of hydrogen-bond donors (Lipinski definition) is 1. The molecule has 0 bridgehead atoms. The molecule has 0 spiro atoms. The number of nitrogens with zero attached hydrogens (tertiary/aromatic N) is 2. The fraction of sp³-hybridized carbons (Fsp3) is 0.130. The molecule has 4 aromatic rings. The largest absolute Gasteiger partial charge is 0.496 e. The van der Waals surface area contributed by atoms with Crippen LogP contribution in [-0.4, -0.2) is 22.6 Å². The first kappa shape index (κ1) is 19.0. The Balaban J connectivity index is 1.63. The summed E-state index contributed by atoms with van der Waals surface area (Å²) >= 11 is 5.90. The van der Waals surface area contributed by atoms with E-state index in [1.54, 1.807) is 31.4 Å². The molecule has 0 radical (unpaired) electrons. The van der Waals surface area contributed by atoms with Gasteiger partial charge in [-0.3, -0.25) is 4.79 Å². The second kappa shape index (κ2) is 8.37. The highest BCUT2D eigenvalue weighted by molar-refractivity contribution is 6.30. The van der Waals surface area contributed by atoms with E-state index in [2.05, 4.69) is 9.88 Å². The Morgan fingerprint density at radius 2 is 1.76 bits per heavy atom. The van der Waals surface area contributed by atoms with Gasteiger partial charge >= 0.3 is 0 Å². The maximum absolute atomic E-state index is 12.5. The van der Waals surface area contributed by atoms with Crippen molar-refractivity contribution in [2.24, 2.45) is 0 Å². The average Bonchev–Trinajstić information content (AvgIpc) is 3.10. The minimum atomic E-state index is -0.169. The van der Waals surface area contributed by atoms with Crippen LogP contribution < -0.4 is 10.1 Å². The lowest BCUT2D eigenvalue weighted by Gasteiger charge is -2.13. The SMILES string of the molecule is COc1ccccc1Cn1c(CNC(=O)c2ccc(Cl)cc2)nc2ccccc21. The van der Waals surface area contributed by atoms with Gasteiger partial charge in [0.15, 0.2) is 0 Å². The molecule has 1 amide bonds. The Morgan fingerprint density at radius 1 is 1.03 bits per heavy atom. The molecule has 146 valence electrons. The van der Waals surface area contributed by atoms with Gasteiger partial charge < -0.3 is 14.6 Å². The van der Waals surface area contributed by atoms with Crippen LogP contribution in [0.4, 0.5) is 0 Å². The zero-order valence-corrected chi connectivity index (χ0v) is 16.7. The minimum Gasteiger partial charge on any atom is -0.496 e. The van der Waals surface area contributed by atoms with Gasteiger partial charge in [-0.15, -0.1) is 0 Å². The van der Waals surface area contributed by atoms with E-state index in [0.717, 1.165) is 28.2 Å². The van der Waals surface area contributed by atoms with Crippen LogP contribution in [0, 0.1) is 0 Å². The quantitative estimate of drug-likeness (QED) is 0.507. The van der Waals surface area contributed by atoms with E-state index in [1.165, 1.54) is 0 Å². The number of methoxy groups -OCH3 is 1. The van der Waals surface area contributed by atoms with E-state index in [4.69, 9.17) is 21.3 Å². The molecule has 4 rings (SSSR count). The molecule has 29 heavy (non-hydrogen) atoms. The predicted octanol–water partition coefficient (Wildman–Crippen LogP) is 4.68. The minimum absolute atomic E-state index is 0.169. The number of carbonyl (C=O) groups is 1. The smallest absolute Gasteiger partial charge is 0.251 e. The summed E-state index contributed by atoms with van der Waals surface area (Å²) in [6, 6.07) is 22.7. The van der Waals surface area contributed by atoms with E-state index >= 15 is 0 Å². The Kier molecular flexibility index (Phi) is 5.49. The van der Waals surface area contributed by atoms with E-state index < -0.39 is 0 Å². The third-order valence-corrected chi connectivity index (χ3v) is 5.02. The third-order valence-electron chi connectivity index (χ3n) is 4.77. The molecule has 3 aromatic carbocycles. The number of halogens is 1. The van der Waals surface area contributed by atoms with Crippen molar-refractivity contribution in [2.45, 2.75) is 13.1 Å². The highest BCUT2D eigenvalue weighted by atomic mass is 35.5. The highest BCUT2D eigenvalue weighted by Crippen LogP contribution is 2.23. The van der Waals surface area contributed by atoms with Crippen molar-refractivity contribution in [3.8, 4) is 5.75 Å². The molecule has 0 aliphatic rings. The van der Waals surface area contributed by atoms with E-state index in [1.807, 2.05) is 48.5 Å². The third kappa shape index (κ3) is 4.10. The highest BCUT2D eigenvalue weighted by Gasteiger charge is 2.14. The summed E-state index contributed by atoms with van der Waals surface area (Å²) in [6.45, 7) is 0.905. The second-order valence-corrected chi connectivity index (χ2v) is 7.04. The van der Waals surface area contributed by atoms with E-state index in [-0.39, 0.29) is 5.91 Å². The molecule has 0 saturated heterocycles. The average molecular weight is 406 g/mol. The lowest BCUT2D eigenvalue weighted by Crippen LogP contribution is -2.24. The molecule has 0 aliphatic carbocycles. The van der Waals surface area contributed by atoms with Crippen molar-refractivity contribution in [1.82, 2.24) is 14.9 Å². The van der Waals surface area contributed by atoms with Crippen LogP contribution in [0.5, 0.6) is 5.75 Å². The van der Waals surface area contributed by atoms with Crippen LogP contribution in [0.1, 0.15) is 21.7 Å². The van der Waals surface area contributed by atoms with Gasteiger partial charge in [0.1, 0.15) is 11.6 Å². The second-order valence-electron chi connectivity index (χ2n) is 6.60. The van der Waals surface area contributed by atoms with Crippen molar-refractivity contribution >= 4 is 28.5 Å². The van der Waals surface area contributed by atoms with Gasteiger partial charge in [-0.25, -0.2) is 4.98 Å². The van der Waals surface area contributed by atoms with E-state index in [0.29, 0.717) is 23.7 Å². The van der Waals surface area contributed by atoms with Gasteiger partial charge in [0.05, 0.1) is 31.2 Å². The molecule has 0 aliphatic heterocycles. The standard InChI is InChI=1S/C23H20ClN3O2/c1-29-21-9-5-2-6-17(21)15-27-20-8-4-3-7-19(20)26-22(27)14-25-23(28)16-10-12-18(24)13-11-16/h2-13H,14-15H2,1H3,(H,25,28). The molecule has 0 unspecified atom stereocenters. The Hall–Kier alpha value is -3.31. The summed E-state index contributed by atoms with van der Waals surface area (Å²) in [4.78, 5) is 17.2. The lowest BCUT2D eigenvalue weighted by atomic mass is 10.2. The van der Waals surface area contributed by atoms with Crippen LogP contribution in [0.3, 0.4) is 0 Å². The number of amides is 1. The van der Waals surface area contributed by atoms with E-state index in [9.17, 15) is 4.79 Å². The number of imidazole rings is 1. The normalized spacial score (nSPS) is 10.8. The first-order valence-corrected chi connectivity index (χ1v) is 9.63. The van der Waals surface area contributed by atoms with Crippen LogP contribution in [-0.2, 0) is 13.1 Å². The molecule has 1 heterocycles. The summed E-state index contributed by atoms with van der Waals surface area (Å²) in [5.74, 6) is 1.43. The number of aromatic nitrogens is 2. The molecule has 0 atom stereocenters. The van der Waals surface area contributed by atoms with Gasteiger partial charge in [-0.1, -0.05) is 41.9 Å². The zero-order valence-electron chi connectivity index (χ0n) is 15.9. The summed E-state index contributed by atoms with van der Waals surface area (Å²) in [7, 11) is 1.66. The molecule has 1 N–H and O–H groups in total. The number of benzene rings is 3. The van der Waals surface area contributed by atoms with Gasteiger partial charge in [0.2, 0.25) is 0 Å². The number of fused-ring (bicyclic) bond motifs is 1. The monoisotopic (exact) mass is 405 g/mol. The molecule has 0 fully saturated rings. The lowest BCUT2D eigenvalue weighted by molar-refractivity contribution is 0.0949. The molecular weight excluding hydrogens is 386 g/mol. The maximum Gasteiger partial charge on any atom is 0.251 e. The van der Waals surface area contributed by atoms with Crippen molar-refractivity contribution in [2.75, 3.05) is 7.11 Å². The van der Waals surface area contributed by atoms with Gasteiger partial charge in [0, 0.05) is 16.1 Å². The van der Waals surface area contributed by atoms with Crippen LogP contribution in [0.15, 0.2) is 72.8 Å². The van der Waals surface area contributed by atoms with Crippen molar-refractivity contribution in [3.63, 3.8) is 0 Å². The number of hydrogen-bond acceptors (Lipinski definition) is 3. The molecular formula is C23H20ClN3O2. The summed E-state index contributed by atoms with van der Waals surface area (Å²) < 4.78 is 7.60. The fourth-order valence-electron chi connectivity index (χ4n) is 3.30. The number of nitrogens with one attached hydrogen (secondary N) is 1. The van der Waals surface area contributed by atoms with Gasteiger partial charge in [-0.05, 0) is 42.5 Å². The van der Waals surface area contributed by atoms with Gasteiger partial charge in [0.25, 0.3) is 5.91 Å². The molecule has 5 nitrogen and oxygen atoms in total. The Bertz CT molecular complexity index is 1150. The topological polar surface area (TPSA) is 56.1 Å². The van der Waals surface area contributed by atoms with Crippen LogP contribution in [0.2, 0.25) is 5.02 Å². The Morgan fingerprint density at radius 3 is 2.55 bits per heavy atom. The maximum atomic E-state index is 12.5. The number of rotatable bonds is 6. The van der Waals surface area contributed by atoms with Crippen LogP contribution in [0.25, 0.3) is 11.0 Å². The molecule has 1 aromatic heterocycles. The number of carbonyl (C=O) groups excluding carboxylic acids is 1. The Labute approximate surface area is 173 Å². The van der Waals surface area contributed by atoms with Crippen molar-refractivity contribution < 1.29 is 9.53 Å².